The summed E-state index contributed by atoms with van der Waals surface area (Å²) < 4.78 is 37.2. The molecule has 9 nitrogen and oxygen atoms in total. The second-order valence-corrected chi connectivity index (χ2v) is 9.33. The zero-order valence-electron chi connectivity index (χ0n) is 21.3. The number of nitrogens with one attached hydrogen (secondary N) is 2. The Balaban J connectivity index is 1.49. The molecule has 0 unspecified atom stereocenters. The molecule has 0 atom stereocenters. The van der Waals surface area contributed by atoms with E-state index in [1.807, 2.05) is 27.7 Å². The van der Waals surface area contributed by atoms with E-state index >= 15 is 0 Å². The summed E-state index contributed by atoms with van der Waals surface area (Å²) >= 11 is 0. The average Bonchev–Trinajstić information content (AvgIpc) is 3.33. The number of rotatable bonds is 8. The number of carbonyl (C=O) groups is 1. The lowest BCUT2D eigenvalue weighted by atomic mass is 9.93. The Kier molecular flexibility index (Phi) is 7.47. The number of pyridine rings is 1. The number of hydrogen-bond donors (Lipinski definition) is 2. The van der Waals surface area contributed by atoms with Crippen molar-refractivity contribution in [2.75, 3.05) is 24.4 Å². The van der Waals surface area contributed by atoms with Gasteiger partial charge < -0.3 is 24.1 Å². The van der Waals surface area contributed by atoms with Gasteiger partial charge in [-0.1, -0.05) is 32.9 Å². The van der Waals surface area contributed by atoms with Crippen LogP contribution in [0.15, 0.2) is 53.2 Å². The lowest BCUT2D eigenvalue weighted by Gasteiger charge is -2.14. The number of amides is 2. The lowest BCUT2D eigenvalue weighted by Crippen LogP contribution is -2.19. The molecule has 2 N–H and O–H groups in total. The third kappa shape index (κ3) is 6.08. The second kappa shape index (κ2) is 10.7. The summed E-state index contributed by atoms with van der Waals surface area (Å²) in [7, 11) is 1.55. The minimum atomic E-state index is -0.658. The highest BCUT2D eigenvalue weighted by atomic mass is 19.1. The number of aromatic nitrogens is 2. The molecule has 2 aromatic heterocycles. The summed E-state index contributed by atoms with van der Waals surface area (Å²) in [6.45, 7) is 8.45. The third-order valence-electron chi connectivity index (χ3n) is 5.35. The molecule has 0 aliphatic carbocycles. The maximum Gasteiger partial charge on any atom is 0.324 e. The van der Waals surface area contributed by atoms with Crippen LogP contribution in [0.5, 0.6) is 23.0 Å². The molecule has 2 amide bonds. The molecule has 0 aliphatic heterocycles. The predicted octanol–water partition coefficient (Wildman–Crippen LogP) is 6.89. The van der Waals surface area contributed by atoms with E-state index in [4.69, 9.17) is 18.7 Å². The van der Waals surface area contributed by atoms with Crippen LogP contribution < -0.4 is 24.8 Å². The first-order chi connectivity index (χ1) is 17.7. The Morgan fingerprint density at radius 2 is 1.84 bits per heavy atom. The van der Waals surface area contributed by atoms with E-state index in [0.29, 0.717) is 40.5 Å². The van der Waals surface area contributed by atoms with Crippen LogP contribution in [0.3, 0.4) is 0 Å². The van der Waals surface area contributed by atoms with Crippen molar-refractivity contribution in [1.29, 1.82) is 0 Å². The SMILES string of the molecule is CCCOc1cc2nccc(Oc3ccc(NC(=O)Nc4cc(C(C)(C)C)on4)cc3F)c2cc1OC. The molecule has 37 heavy (non-hydrogen) atoms. The van der Waals surface area contributed by atoms with Gasteiger partial charge in [-0.25, -0.2) is 9.18 Å². The van der Waals surface area contributed by atoms with Crippen molar-refractivity contribution in [2.45, 2.75) is 39.5 Å². The molecular weight excluding hydrogens is 479 g/mol. The molecule has 2 aromatic carbocycles. The number of anilines is 2. The maximum atomic E-state index is 14.9. The van der Waals surface area contributed by atoms with Crippen molar-refractivity contribution in [3.63, 3.8) is 0 Å². The van der Waals surface area contributed by atoms with E-state index in [9.17, 15) is 9.18 Å². The number of hydrogen-bond acceptors (Lipinski definition) is 7. The van der Waals surface area contributed by atoms with Crippen molar-refractivity contribution < 1.29 is 27.9 Å². The van der Waals surface area contributed by atoms with E-state index in [1.54, 1.807) is 37.6 Å². The predicted molar refractivity (Wildman–Crippen MR) is 138 cm³/mol. The quantitative estimate of drug-likeness (QED) is 0.267. The molecular formula is C27H29FN4O5. The lowest BCUT2D eigenvalue weighted by molar-refractivity contribution is 0.262. The Morgan fingerprint density at radius 3 is 2.51 bits per heavy atom. The molecule has 0 fully saturated rings. The standard InChI is InChI=1S/C27H29FN4O5/c1-6-11-35-23-14-19-17(13-22(23)34-5)20(9-10-29-19)36-21-8-7-16(12-18(21)28)30-26(33)31-25-15-24(37-32-25)27(2,3)4/h7-10,12-15H,6,11H2,1-5H3,(H2,30,31,32,33). The Bertz CT molecular complexity index is 1410. The van der Waals surface area contributed by atoms with Crippen LogP contribution in [0.1, 0.15) is 39.9 Å². The van der Waals surface area contributed by atoms with Crippen molar-refractivity contribution >= 4 is 28.4 Å². The van der Waals surface area contributed by atoms with Gasteiger partial charge in [0.25, 0.3) is 0 Å². The van der Waals surface area contributed by atoms with Gasteiger partial charge in [-0.05, 0) is 30.7 Å². The molecule has 4 rings (SSSR count). The summed E-state index contributed by atoms with van der Waals surface area (Å²) in [4.78, 5) is 16.7. The molecule has 4 aromatic rings. The van der Waals surface area contributed by atoms with Crippen LogP contribution in [0, 0.1) is 5.82 Å². The number of carbonyl (C=O) groups excluding carboxylic acids is 1. The molecule has 0 radical (unpaired) electrons. The monoisotopic (exact) mass is 508 g/mol. The zero-order chi connectivity index (χ0) is 26.6. The minimum Gasteiger partial charge on any atom is -0.493 e. The van der Waals surface area contributed by atoms with E-state index in [-0.39, 0.29) is 22.7 Å². The van der Waals surface area contributed by atoms with Crippen LogP contribution in [-0.4, -0.2) is 29.9 Å². The number of nitrogens with zero attached hydrogens (tertiary/aromatic N) is 2. The van der Waals surface area contributed by atoms with Gasteiger partial charge in [0.15, 0.2) is 28.9 Å². The van der Waals surface area contributed by atoms with E-state index in [2.05, 4.69) is 20.8 Å². The molecule has 0 spiro atoms. The van der Waals surface area contributed by atoms with E-state index in [0.717, 1.165) is 6.42 Å². The van der Waals surface area contributed by atoms with Crippen LogP contribution in [0.4, 0.5) is 20.7 Å². The zero-order valence-corrected chi connectivity index (χ0v) is 21.3. The van der Waals surface area contributed by atoms with Gasteiger partial charge in [0.2, 0.25) is 0 Å². The van der Waals surface area contributed by atoms with Gasteiger partial charge in [-0.2, -0.15) is 0 Å². The summed E-state index contributed by atoms with van der Waals surface area (Å²) in [6, 6.07) is 10.3. The average molecular weight is 509 g/mol. The van der Waals surface area contributed by atoms with Crippen molar-refractivity contribution in [3.05, 3.63) is 60.2 Å². The van der Waals surface area contributed by atoms with Crippen LogP contribution >= 0.6 is 0 Å². The first-order valence-electron chi connectivity index (χ1n) is 11.8. The fourth-order valence-corrected chi connectivity index (χ4v) is 3.45. The van der Waals surface area contributed by atoms with Crippen LogP contribution in [-0.2, 0) is 5.41 Å². The van der Waals surface area contributed by atoms with Crippen molar-refractivity contribution in [3.8, 4) is 23.0 Å². The normalized spacial score (nSPS) is 11.3. The summed E-state index contributed by atoms with van der Waals surface area (Å²) in [5.41, 5.74) is 0.599. The van der Waals surface area contributed by atoms with Gasteiger partial charge in [-0.3, -0.25) is 10.3 Å². The number of halogens is 1. The second-order valence-electron chi connectivity index (χ2n) is 9.33. The fourth-order valence-electron chi connectivity index (χ4n) is 3.45. The first-order valence-corrected chi connectivity index (χ1v) is 11.8. The summed E-state index contributed by atoms with van der Waals surface area (Å²) in [5.74, 6) is 1.69. The van der Waals surface area contributed by atoms with Gasteiger partial charge in [0.05, 0.1) is 19.2 Å². The Labute approximate surface area is 213 Å². The van der Waals surface area contributed by atoms with Crippen LogP contribution in [0.2, 0.25) is 0 Å². The number of ether oxygens (including phenoxy) is 3. The van der Waals surface area contributed by atoms with Gasteiger partial charge in [0, 0.05) is 40.9 Å². The fraction of sp³-hybridized carbons (Fsp3) is 0.296. The smallest absolute Gasteiger partial charge is 0.324 e. The minimum absolute atomic E-state index is 0.0185. The third-order valence-corrected chi connectivity index (χ3v) is 5.35. The Morgan fingerprint density at radius 1 is 1.03 bits per heavy atom. The molecule has 0 saturated carbocycles. The largest absolute Gasteiger partial charge is 0.493 e. The van der Waals surface area contributed by atoms with Crippen molar-refractivity contribution in [2.24, 2.45) is 0 Å². The molecule has 0 bridgehead atoms. The first kappa shape index (κ1) is 25.7. The number of benzene rings is 2. The van der Waals surface area contributed by atoms with Gasteiger partial charge in [-0.15, -0.1) is 0 Å². The highest BCUT2D eigenvalue weighted by Crippen LogP contribution is 2.38. The molecule has 10 heteroatoms. The maximum absolute atomic E-state index is 14.9. The Hall–Kier alpha value is -4.34. The molecule has 0 aliphatic rings. The van der Waals surface area contributed by atoms with Crippen molar-refractivity contribution in [1.82, 2.24) is 10.1 Å². The molecule has 194 valence electrons. The summed E-state index contributed by atoms with van der Waals surface area (Å²) in [6.07, 6.45) is 2.42. The van der Waals surface area contributed by atoms with E-state index < -0.39 is 11.8 Å². The van der Waals surface area contributed by atoms with Crippen LogP contribution in [0.25, 0.3) is 10.9 Å². The number of methoxy groups -OCH3 is 1. The highest BCUT2D eigenvalue weighted by molar-refractivity contribution is 5.99. The number of fused-ring (bicyclic) bond motifs is 1. The molecule has 0 saturated heterocycles. The summed E-state index contributed by atoms with van der Waals surface area (Å²) in [5, 5.41) is 9.61. The van der Waals surface area contributed by atoms with Gasteiger partial charge >= 0.3 is 6.03 Å². The van der Waals surface area contributed by atoms with E-state index in [1.165, 1.54) is 18.2 Å². The number of urea groups is 1. The highest BCUT2D eigenvalue weighted by Gasteiger charge is 2.20. The topological polar surface area (TPSA) is 108 Å². The molecule has 2 heterocycles. The van der Waals surface area contributed by atoms with Gasteiger partial charge in [0.1, 0.15) is 11.5 Å².